The largest absolute Gasteiger partial charge is 0.481 e. The predicted molar refractivity (Wildman–Crippen MR) is 90.2 cm³/mol. The van der Waals surface area contributed by atoms with Crippen molar-refractivity contribution in [2.24, 2.45) is 0 Å². The van der Waals surface area contributed by atoms with Crippen LogP contribution in [0.25, 0.3) is 0 Å². The molecule has 0 aromatic rings. The maximum atomic E-state index is 10.3. The van der Waals surface area contributed by atoms with E-state index in [-0.39, 0.29) is 24.4 Å². The van der Waals surface area contributed by atoms with E-state index in [0.717, 1.165) is 32.4 Å². The van der Waals surface area contributed by atoms with Crippen molar-refractivity contribution >= 4 is 18.4 Å². The molecule has 128 valence electrons. The number of halogens is 1. The average molecular weight is 324 g/mol. The molecule has 0 spiro atoms. The molecular formula is C16H34ClNO3. The van der Waals surface area contributed by atoms with Crippen molar-refractivity contribution in [3.05, 3.63) is 0 Å². The Morgan fingerprint density at radius 2 is 1.57 bits per heavy atom. The first-order chi connectivity index (χ1) is 9.47. The highest BCUT2D eigenvalue weighted by Gasteiger charge is 2.30. The summed E-state index contributed by atoms with van der Waals surface area (Å²) in [4.78, 5) is 11.9. The van der Waals surface area contributed by atoms with Crippen LogP contribution in [0.3, 0.4) is 0 Å². The van der Waals surface area contributed by atoms with Crippen molar-refractivity contribution in [1.29, 1.82) is 0 Å². The molecule has 0 atom stereocenters. The Labute approximate surface area is 136 Å². The zero-order valence-corrected chi connectivity index (χ0v) is 14.8. The summed E-state index contributed by atoms with van der Waals surface area (Å²) in [7, 11) is 0. The molecule has 1 heterocycles. The van der Waals surface area contributed by atoms with Gasteiger partial charge in [0.1, 0.15) is 0 Å². The van der Waals surface area contributed by atoms with Crippen LogP contribution in [0.5, 0.6) is 0 Å². The van der Waals surface area contributed by atoms with E-state index >= 15 is 0 Å². The van der Waals surface area contributed by atoms with Gasteiger partial charge in [-0.1, -0.05) is 40.0 Å². The highest BCUT2D eigenvalue weighted by atomic mass is 35.5. The Bertz CT molecular complexity index is 254. The number of rotatable bonds is 7. The highest BCUT2D eigenvalue weighted by Crippen LogP contribution is 2.27. The van der Waals surface area contributed by atoms with Crippen molar-refractivity contribution in [1.82, 2.24) is 4.90 Å². The van der Waals surface area contributed by atoms with Crippen LogP contribution in [-0.4, -0.2) is 46.3 Å². The monoisotopic (exact) mass is 323 g/mol. The van der Waals surface area contributed by atoms with E-state index in [1.807, 2.05) is 0 Å². The molecule has 2 N–H and O–H groups in total. The summed E-state index contributed by atoms with van der Waals surface area (Å²) in [6, 6.07) is 0. The van der Waals surface area contributed by atoms with Gasteiger partial charge in [0.25, 0.3) is 0 Å². The quantitative estimate of drug-likeness (QED) is 0.750. The number of piperidine rings is 1. The normalized spacial score (nSPS) is 17.3. The number of hydrogen-bond donors (Lipinski definition) is 2. The van der Waals surface area contributed by atoms with E-state index in [2.05, 4.69) is 18.7 Å². The fourth-order valence-corrected chi connectivity index (χ4v) is 2.33. The molecule has 1 aliphatic heterocycles. The Kier molecular flexibility index (Phi) is 14.6. The minimum atomic E-state index is -0.745. The smallest absolute Gasteiger partial charge is 0.303 e. The van der Waals surface area contributed by atoms with Gasteiger partial charge in [-0.25, -0.2) is 0 Å². The van der Waals surface area contributed by atoms with Gasteiger partial charge in [0.2, 0.25) is 0 Å². The van der Waals surface area contributed by atoms with Crippen LogP contribution in [0.1, 0.15) is 72.1 Å². The molecule has 1 saturated heterocycles. The summed E-state index contributed by atoms with van der Waals surface area (Å²) in [5.41, 5.74) is -0.335. The second-order valence-electron chi connectivity index (χ2n) is 5.77. The van der Waals surface area contributed by atoms with Gasteiger partial charge in [0.05, 0.1) is 5.60 Å². The SMILES string of the molecule is CCC(=O)O.CCCCN1CCC(O)(CCCC)CC1.Cl. The summed E-state index contributed by atoms with van der Waals surface area (Å²) >= 11 is 0. The van der Waals surface area contributed by atoms with Gasteiger partial charge in [0.15, 0.2) is 0 Å². The van der Waals surface area contributed by atoms with Crippen molar-refractivity contribution in [2.75, 3.05) is 19.6 Å². The molecule has 0 unspecified atom stereocenters. The van der Waals surface area contributed by atoms with Crippen LogP contribution in [0.15, 0.2) is 0 Å². The lowest BCUT2D eigenvalue weighted by Crippen LogP contribution is -2.44. The third-order valence-electron chi connectivity index (χ3n) is 3.91. The van der Waals surface area contributed by atoms with E-state index in [4.69, 9.17) is 5.11 Å². The van der Waals surface area contributed by atoms with Crippen LogP contribution >= 0.6 is 12.4 Å². The number of carbonyl (C=O) groups is 1. The number of likely N-dealkylation sites (tertiary alicyclic amines) is 1. The van der Waals surface area contributed by atoms with E-state index in [9.17, 15) is 9.90 Å². The molecule has 0 aromatic heterocycles. The molecule has 4 nitrogen and oxygen atoms in total. The first kappa shape index (κ1) is 23.0. The standard InChI is InChI=1S/C13H27NO.C3H6O2.ClH/c1-3-5-7-13(15)8-11-14(12-9-13)10-6-4-2;1-2-3(4)5;/h15H,3-12H2,1-2H3;2H2,1H3,(H,4,5);1H. The Hall–Kier alpha value is -0.320. The molecule has 1 aliphatic rings. The van der Waals surface area contributed by atoms with E-state index < -0.39 is 5.97 Å². The molecule has 0 aromatic carbocycles. The zero-order chi connectivity index (χ0) is 15.4. The number of nitrogens with zero attached hydrogens (tertiary/aromatic N) is 1. The van der Waals surface area contributed by atoms with Gasteiger partial charge in [-0.2, -0.15) is 0 Å². The molecule has 1 fully saturated rings. The number of aliphatic hydroxyl groups is 1. The molecule has 0 radical (unpaired) electrons. The second-order valence-corrected chi connectivity index (χ2v) is 5.77. The first-order valence-corrected chi connectivity index (χ1v) is 8.14. The molecule has 1 rings (SSSR count). The molecule has 0 amide bonds. The summed E-state index contributed by atoms with van der Waals surface area (Å²) in [6.45, 7) is 9.45. The summed E-state index contributed by atoms with van der Waals surface area (Å²) in [5.74, 6) is -0.745. The third kappa shape index (κ3) is 12.0. The molecule has 0 aliphatic carbocycles. The van der Waals surface area contributed by atoms with Crippen LogP contribution in [-0.2, 0) is 4.79 Å². The van der Waals surface area contributed by atoms with E-state index in [1.54, 1.807) is 6.92 Å². The Morgan fingerprint density at radius 1 is 1.10 bits per heavy atom. The number of hydrogen-bond acceptors (Lipinski definition) is 3. The Balaban J connectivity index is 0. The summed E-state index contributed by atoms with van der Waals surface area (Å²) in [6.07, 6.45) is 8.13. The molecule has 5 heteroatoms. The summed E-state index contributed by atoms with van der Waals surface area (Å²) < 4.78 is 0. The van der Waals surface area contributed by atoms with Crippen LogP contribution in [0.4, 0.5) is 0 Å². The van der Waals surface area contributed by atoms with Crippen molar-refractivity contribution in [3.63, 3.8) is 0 Å². The fourth-order valence-electron chi connectivity index (χ4n) is 2.33. The summed E-state index contributed by atoms with van der Waals surface area (Å²) in [5, 5.41) is 18.0. The van der Waals surface area contributed by atoms with Crippen molar-refractivity contribution in [2.45, 2.75) is 77.7 Å². The second kappa shape index (κ2) is 13.4. The topological polar surface area (TPSA) is 60.8 Å². The number of carboxylic acids is 1. The van der Waals surface area contributed by atoms with Crippen molar-refractivity contribution in [3.8, 4) is 0 Å². The lowest BCUT2D eigenvalue weighted by Gasteiger charge is -2.38. The predicted octanol–water partition coefficient (Wildman–Crippen LogP) is 3.71. The zero-order valence-electron chi connectivity index (χ0n) is 13.9. The maximum Gasteiger partial charge on any atom is 0.303 e. The average Bonchev–Trinajstić information content (AvgIpc) is 2.45. The lowest BCUT2D eigenvalue weighted by atomic mass is 9.86. The van der Waals surface area contributed by atoms with E-state index in [0.29, 0.717) is 0 Å². The number of carboxylic acid groups (broad SMARTS) is 1. The first-order valence-electron chi connectivity index (χ1n) is 8.14. The molecular weight excluding hydrogens is 290 g/mol. The minimum absolute atomic E-state index is 0. The third-order valence-corrected chi connectivity index (χ3v) is 3.91. The number of unbranched alkanes of at least 4 members (excludes halogenated alkanes) is 2. The minimum Gasteiger partial charge on any atom is -0.481 e. The van der Waals surface area contributed by atoms with Crippen LogP contribution in [0.2, 0.25) is 0 Å². The van der Waals surface area contributed by atoms with Gasteiger partial charge in [0, 0.05) is 19.5 Å². The highest BCUT2D eigenvalue weighted by molar-refractivity contribution is 5.85. The maximum absolute atomic E-state index is 10.3. The molecule has 0 saturated carbocycles. The lowest BCUT2D eigenvalue weighted by molar-refractivity contribution is -0.136. The van der Waals surface area contributed by atoms with Gasteiger partial charge >= 0.3 is 5.97 Å². The fraction of sp³-hybridized carbons (Fsp3) is 0.938. The van der Waals surface area contributed by atoms with Gasteiger partial charge in [-0.05, 0) is 32.2 Å². The number of aliphatic carboxylic acids is 1. The van der Waals surface area contributed by atoms with Crippen LogP contribution < -0.4 is 0 Å². The van der Waals surface area contributed by atoms with Crippen molar-refractivity contribution < 1.29 is 15.0 Å². The molecule has 0 bridgehead atoms. The van der Waals surface area contributed by atoms with E-state index in [1.165, 1.54) is 32.2 Å². The van der Waals surface area contributed by atoms with Gasteiger partial charge < -0.3 is 15.1 Å². The Morgan fingerprint density at radius 3 is 1.95 bits per heavy atom. The molecule has 21 heavy (non-hydrogen) atoms. The van der Waals surface area contributed by atoms with Gasteiger partial charge in [-0.3, -0.25) is 4.79 Å². The van der Waals surface area contributed by atoms with Crippen LogP contribution in [0, 0.1) is 0 Å². The van der Waals surface area contributed by atoms with Gasteiger partial charge in [-0.15, -0.1) is 12.4 Å².